The highest BCUT2D eigenvalue weighted by atomic mass is 16.1. The largest absolute Gasteiger partial charge is 0.371 e. The molecule has 0 atom stereocenters. The molecule has 2 aromatic rings. The average Bonchev–Trinajstić information content (AvgIpc) is 3.05. The van der Waals surface area contributed by atoms with Crippen LogP contribution in [-0.4, -0.2) is 67.4 Å². The first-order chi connectivity index (χ1) is 15.5. The van der Waals surface area contributed by atoms with Gasteiger partial charge in [0.25, 0.3) is 5.91 Å². The first-order valence-electron chi connectivity index (χ1n) is 11.7. The Morgan fingerprint density at radius 1 is 0.938 bits per heavy atom. The lowest BCUT2D eigenvalue weighted by Gasteiger charge is -2.39. The van der Waals surface area contributed by atoms with E-state index in [9.17, 15) is 9.59 Å². The number of carbonyl (C=O) groups is 2. The smallest absolute Gasteiger partial charge is 0.255 e. The number of hydrogen-bond acceptors (Lipinski definition) is 4. The topological polar surface area (TPSA) is 55.9 Å². The molecule has 2 amide bonds. The van der Waals surface area contributed by atoms with Crippen molar-refractivity contribution in [1.82, 2.24) is 9.80 Å². The number of aryl methyl sites for hydroxylation is 2. The van der Waals surface area contributed by atoms with Gasteiger partial charge in [0.1, 0.15) is 0 Å². The lowest BCUT2D eigenvalue weighted by molar-refractivity contribution is -0.118. The molecule has 6 nitrogen and oxygen atoms in total. The lowest BCUT2D eigenvalue weighted by atomic mass is 10.0. The van der Waals surface area contributed by atoms with Gasteiger partial charge in [0, 0.05) is 62.2 Å². The summed E-state index contributed by atoms with van der Waals surface area (Å²) < 4.78 is 0. The van der Waals surface area contributed by atoms with Gasteiger partial charge in [0.2, 0.25) is 6.41 Å². The second-order valence-corrected chi connectivity index (χ2v) is 9.07. The Bertz CT molecular complexity index is 935. The number of anilines is 2. The Morgan fingerprint density at radius 3 is 2.38 bits per heavy atom. The average molecular weight is 435 g/mol. The van der Waals surface area contributed by atoms with Crippen LogP contribution in [0.1, 0.15) is 40.7 Å². The molecule has 0 unspecified atom stereocenters. The van der Waals surface area contributed by atoms with Crippen LogP contribution in [0.3, 0.4) is 0 Å². The quantitative estimate of drug-likeness (QED) is 0.730. The number of benzene rings is 2. The molecule has 4 rings (SSSR count). The molecular weight excluding hydrogens is 400 g/mol. The molecule has 2 aromatic carbocycles. The molecule has 0 aliphatic carbocycles. The van der Waals surface area contributed by atoms with Crippen LogP contribution in [0, 0.1) is 13.8 Å². The van der Waals surface area contributed by atoms with Crippen LogP contribution in [0.25, 0.3) is 0 Å². The minimum Gasteiger partial charge on any atom is -0.371 e. The summed E-state index contributed by atoms with van der Waals surface area (Å²) in [5, 5.41) is 3.02. The van der Waals surface area contributed by atoms with Crippen molar-refractivity contribution in [2.75, 3.05) is 49.5 Å². The number of rotatable bonds is 5. The molecular formula is C26H34N4O2. The van der Waals surface area contributed by atoms with Crippen molar-refractivity contribution in [2.24, 2.45) is 0 Å². The van der Waals surface area contributed by atoms with Gasteiger partial charge in [0.05, 0.1) is 0 Å². The molecule has 6 heteroatoms. The summed E-state index contributed by atoms with van der Waals surface area (Å²) in [7, 11) is 0. The maximum absolute atomic E-state index is 12.6. The molecule has 0 radical (unpaired) electrons. The van der Waals surface area contributed by atoms with Crippen LogP contribution in [0.2, 0.25) is 0 Å². The van der Waals surface area contributed by atoms with E-state index in [1.165, 1.54) is 5.69 Å². The van der Waals surface area contributed by atoms with E-state index in [1.807, 2.05) is 49.1 Å². The highest BCUT2D eigenvalue weighted by Gasteiger charge is 2.26. The minimum absolute atomic E-state index is 0.0679. The van der Waals surface area contributed by atoms with Crippen molar-refractivity contribution in [3.63, 3.8) is 0 Å². The van der Waals surface area contributed by atoms with Crippen LogP contribution < -0.4 is 10.2 Å². The molecule has 0 spiro atoms. The SMILES string of the molecule is Cc1ccc(C(=O)Nc2ccc(N3CCC(N4CCCN(C=O)CC4)CC3)cc2)c(C)c1. The van der Waals surface area contributed by atoms with Crippen LogP contribution in [-0.2, 0) is 4.79 Å². The molecule has 2 heterocycles. The van der Waals surface area contributed by atoms with Gasteiger partial charge >= 0.3 is 0 Å². The maximum Gasteiger partial charge on any atom is 0.255 e. The third-order valence-electron chi connectivity index (χ3n) is 6.81. The molecule has 2 aliphatic rings. The summed E-state index contributed by atoms with van der Waals surface area (Å²) in [5.74, 6) is -0.0679. The summed E-state index contributed by atoms with van der Waals surface area (Å²) in [4.78, 5) is 30.6. The molecule has 0 bridgehead atoms. The standard InChI is InChI=1S/C26H34N4O2/c1-20-4-9-25(21(2)18-20)26(32)27-22-5-7-23(8-6-22)30-14-10-24(11-15-30)29-13-3-12-28(19-31)16-17-29/h4-9,18-19,24H,3,10-17H2,1-2H3,(H,27,32). The van der Waals surface area contributed by atoms with E-state index in [0.29, 0.717) is 11.6 Å². The molecule has 2 aliphatic heterocycles. The van der Waals surface area contributed by atoms with E-state index in [-0.39, 0.29) is 5.91 Å². The molecule has 0 saturated carbocycles. The molecule has 32 heavy (non-hydrogen) atoms. The predicted molar refractivity (Wildman–Crippen MR) is 129 cm³/mol. The fourth-order valence-corrected chi connectivity index (χ4v) is 4.94. The van der Waals surface area contributed by atoms with E-state index in [2.05, 4.69) is 27.2 Å². The van der Waals surface area contributed by atoms with E-state index < -0.39 is 0 Å². The monoisotopic (exact) mass is 434 g/mol. The first kappa shape index (κ1) is 22.3. The van der Waals surface area contributed by atoms with Crippen molar-refractivity contribution in [2.45, 2.75) is 39.2 Å². The number of nitrogens with zero attached hydrogens (tertiary/aromatic N) is 3. The van der Waals surface area contributed by atoms with Gasteiger partial charge in [-0.3, -0.25) is 14.5 Å². The molecule has 1 N–H and O–H groups in total. The van der Waals surface area contributed by atoms with Crippen molar-refractivity contribution in [3.05, 3.63) is 59.2 Å². The molecule has 2 saturated heterocycles. The van der Waals surface area contributed by atoms with E-state index >= 15 is 0 Å². The summed E-state index contributed by atoms with van der Waals surface area (Å²) in [5.41, 5.74) is 4.89. The molecule has 170 valence electrons. The van der Waals surface area contributed by atoms with E-state index in [0.717, 1.165) is 81.8 Å². The summed E-state index contributed by atoms with van der Waals surface area (Å²) >= 11 is 0. The van der Waals surface area contributed by atoms with Gasteiger partial charge in [-0.25, -0.2) is 0 Å². The summed E-state index contributed by atoms with van der Waals surface area (Å²) in [6.45, 7) is 9.87. The third kappa shape index (κ3) is 5.30. The molecule has 2 fully saturated rings. The van der Waals surface area contributed by atoms with Crippen LogP contribution in [0.4, 0.5) is 11.4 Å². The van der Waals surface area contributed by atoms with Crippen molar-refractivity contribution >= 4 is 23.7 Å². The second-order valence-electron chi connectivity index (χ2n) is 9.07. The summed E-state index contributed by atoms with van der Waals surface area (Å²) in [6, 6.07) is 14.7. The van der Waals surface area contributed by atoms with Gasteiger partial charge in [-0.05, 0) is 69.0 Å². The fourth-order valence-electron chi connectivity index (χ4n) is 4.94. The van der Waals surface area contributed by atoms with E-state index in [1.54, 1.807) is 0 Å². The van der Waals surface area contributed by atoms with Gasteiger partial charge < -0.3 is 15.1 Å². The normalized spacial score (nSPS) is 18.3. The number of hydrogen-bond donors (Lipinski definition) is 1. The lowest BCUT2D eigenvalue weighted by Crippen LogP contribution is -2.46. The zero-order valence-corrected chi connectivity index (χ0v) is 19.2. The Hall–Kier alpha value is -2.86. The predicted octanol–water partition coefficient (Wildman–Crippen LogP) is 3.69. The van der Waals surface area contributed by atoms with Crippen molar-refractivity contribution in [1.29, 1.82) is 0 Å². The number of amides is 2. The number of carbonyl (C=O) groups excluding carboxylic acids is 2. The number of nitrogens with one attached hydrogen (secondary N) is 1. The highest BCUT2D eigenvalue weighted by Crippen LogP contribution is 2.25. The Kier molecular flexibility index (Phi) is 7.10. The third-order valence-corrected chi connectivity index (χ3v) is 6.81. The van der Waals surface area contributed by atoms with Crippen molar-refractivity contribution in [3.8, 4) is 0 Å². The minimum atomic E-state index is -0.0679. The summed E-state index contributed by atoms with van der Waals surface area (Å²) in [6.07, 6.45) is 4.34. The maximum atomic E-state index is 12.6. The molecule has 0 aromatic heterocycles. The zero-order chi connectivity index (χ0) is 22.5. The van der Waals surface area contributed by atoms with Crippen LogP contribution >= 0.6 is 0 Å². The van der Waals surface area contributed by atoms with Gasteiger partial charge in [-0.1, -0.05) is 17.7 Å². The van der Waals surface area contributed by atoms with Crippen LogP contribution in [0.5, 0.6) is 0 Å². The van der Waals surface area contributed by atoms with Crippen LogP contribution in [0.15, 0.2) is 42.5 Å². The van der Waals surface area contributed by atoms with Gasteiger partial charge in [-0.2, -0.15) is 0 Å². The Balaban J connectivity index is 1.30. The second kappa shape index (κ2) is 10.2. The fraction of sp³-hybridized carbons (Fsp3) is 0.462. The zero-order valence-electron chi connectivity index (χ0n) is 19.2. The van der Waals surface area contributed by atoms with Crippen molar-refractivity contribution < 1.29 is 9.59 Å². The van der Waals surface area contributed by atoms with E-state index in [4.69, 9.17) is 0 Å². The highest BCUT2D eigenvalue weighted by molar-refractivity contribution is 6.05. The van der Waals surface area contributed by atoms with Gasteiger partial charge in [0.15, 0.2) is 0 Å². The first-order valence-corrected chi connectivity index (χ1v) is 11.7. The number of piperidine rings is 1. The Morgan fingerprint density at radius 2 is 1.69 bits per heavy atom. The Labute approximate surface area is 191 Å². The van der Waals surface area contributed by atoms with Gasteiger partial charge in [-0.15, -0.1) is 0 Å².